The smallest absolute Gasteiger partial charge is 0.269 e. The Labute approximate surface area is 137 Å². The number of thioether (sulfide) groups is 1. The van der Waals surface area contributed by atoms with Crippen molar-refractivity contribution in [2.45, 2.75) is 11.3 Å². The van der Waals surface area contributed by atoms with Gasteiger partial charge in [0.1, 0.15) is 6.61 Å². The summed E-state index contributed by atoms with van der Waals surface area (Å²) in [6.45, 7) is 0.282. The first-order valence-electron chi connectivity index (χ1n) is 6.69. The molecule has 1 amide bonds. The molecule has 4 nitrogen and oxygen atoms in total. The van der Waals surface area contributed by atoms with Gasteiger partial charge >= 0.3 is 0 Å². The standard InChI is InChI=1S/C16H13ClN2O2S/c17-14-15(20)19(21-11-12-7-3-1-4-8-12)16(22-14)18-13-9-5-2-6-10-13/h1-10,14H,11H2. The van der Waals surface area contributed by atoms with Gasteiger partial charge in [0.25, 0.3) is 5.91 Å². The van der Waals surface area contributed by atoms with Crippen LogP contribution in [0.3, 0.4) is 0 Å². The van der Waals surface area contributed by atoms with Gasteiger partial charge in [-0.15, -0.1) is 0 Å². The van der Waals surface area contributed by atoms with E-state index in [1.54, 1.807) is 0 Å². The van der Waals surface area contributed by atoms with Crippen molar-refractivity contribution in [3.05, 3.63) is 66.2 Å². The second-order valence-electron chi connectivity index (χ2n) is 4.56. The molecule has 112 valence electrons. The van der Waals surface area contributed by atoms with E-state index in [-0.39, 0.29) is 12.5 Å². The van der Waals surface area contributed by atoms with E-state index in [9.17, 15) is 4.79 Å². The zero-order chi connectivity index (χ0) is 15.4. The van der Waals surface area contributed by atoms with E-state index in [1.807, 2.05) is 60.7 Å². The van der Waals surface area contributed by atoms with Gasteiger partial charge in [-0.2, -0.15) is 5.06 Å². The van der Waals surface area contributed by atoms with Crippen molar-refractivity contribution in [1.82, 2.24) is 5.06 Å². The number of amidine groups is 1. The number of hydroxylamine groups is 2. The molecular formula is C16H13ClN2O2S. The summed E-state index contributed by atoms with van der Waals surface area (Å²) >= 11 is 7.19. The van der Waals surface area contributed by atoms with Gasteiger partial charge in [-0.3, -0.25) is 9.63 Å². The van der Waals surface area contributed by atoms with Crippen LogP contribution in [-0.2, 0) is 16.2 Å². The number of aliphatic imine (C=N–C) groups is 1. The summed E-state index contributed by atoms with van der Waals surface area (Å²) in [5.74, 6) is -0.308. The molecule has 0 N–H and O–H groups in total. The van der Waals surface area contributed by atoms with Crippen LogP contribution >= 0.6 is 23.4 Å². The summed E-state index contributed by atoms with van der Waals surface area (Å²) in [6.07, 6.45) is 0. The summed E-state index contributed by atoms with van der Waals surface area (Å²) in [6, 6.07) is 19.0. The van der Waals surface area contributed by atoms with Crippen LogP contribution in [-0.4, -0.2) is 20.8 Å². The number of rotatable bonds is 4. The molecule has 1 saturated heterocycles. The molecule has 1 atom stereocenters. The molecule has 3 rings (SSSR count). The van der Waals surface area contributed by atoms with Crippen LogP contribution in [0.1, 0.15) is 5.56 Å². The maximum atomic E-state index is 12.1. The van der Waals surface area contributed by atoms with Gasteiger partial charge in [0.2, 0.25) is 0 Å². The highest BCUT2D eigenvalue weighted by molar-refractivity contribution is 8.16. The van der Waals surface area contributed by atoms with E-state index >= 15 is 0 Å². The van der Waals surface area contributed by atoms with Crippen LogP contribution < -0.4 is 0 Å². The van der Waals surface area contributed by atoms with Gasteiger partial charge in [-0.05, 0) is 17.7 Å². The van der Waals surface area contributed by atoms with Gasteiger partial charge in [0, 0.05) is 0 Å². The molecule has 1 unspecified atom stereocenters. The Balaban J connectivity index is 1.77. The predicted octanol–water partition coefficient (Wildman–Crippen LogP) is 3.95. The molecule has 22 heavy (non-hydrogen) atoms. The molecule has 1 aliphatic rings. The third-order valence-corrected chi connectivity index (χ3v) is 4.29. The normalized spacial score (nSPS) is 19.9. The first kappa shape index (κ1) is 15.1. The molecule has 6 heteroatoms. The minimum absolute atomic E-state index is 0.282. The lowest BCUT2D eigenvalue weighted by atomic mass is 10.2. The minimum atomic E-state index is -0.710. The Morgan fingerprint density at radius 3 is 2.41 bits per heavy atom. The van der Waals surface area contributed by atoms with Crippen LogP contribution in [0.5, 0.6) is 0 Å². The molecule has 1 fully saturated rings. The molecule has 0 radical (unpaired) electrons. The largest absolute Gasteiger partial charge is 0.281 e. The number of alkyl halides is 1. The van der Waals surface area contributed by atoms with Crippen molar-refractivity contribution in [3.63, 3.8) is 0 Å². The number of nitrogens with zero attached hydrogens (tertiary/aromatic N) is 2. The first-order chi connectivity index (χ1) is 10.7. The lowest BCUT2D eigenvalue weighted by Crippen LogP contribution is -2.30. The van der Waals surface area contributed by atoms with E-state index in [1.165, 1.54) is 16.8 Å². The zero-order valence-corrected chi connectivity index (χ0v) is 13.1. The summed E-state index contributed by atoms with van der Waals surface area (Å²) in [4.78, 5) is 22.1. The molecule has 2 aromatic carbocycles. The van der Waals surface area contributed by atoms with Gasteiger partial charge in [0.05, 0.1) is 5.69 Å². The maximum Gasteiger partial charge on any atom is 0.281 e. The second-order valence-corrected chi connectivity index (χ2v) is 6.32. The Morgan fingerprint density at radius 1 is 1.09 bits per heavy atom. The van der Waals surface area contributed by atoms with Crippen molar-refractivity contribution < 1.29 is 9.63 Å². The van der Waals surface area contributed by atoms with Crippen molar-refractivity contribution in [2.24, 2.45) is 4.99 Å². The van der Waals surface area contributed by atoms with E-state index in [0.717, 1.165) is 11.3 Å². The van der Waals surface area contributed by atoms with E-state index < -0.39 is 4.71 Å². The highest BCUT2D eigenvalue weighted by atomic mass is 35.5. The third kappa shape index (κ3) is 3.50. The summed E-state index contributed by atoms with van der Waals surface area (Å²) < 4.78 is -0.710. The van der Waals surface area contributed by atoms with Gasteiger partial charge in [-0.25, -0.2) is 4.99 Å². The number of amides is 1. The molecular weight excluding hydrogens is 320 g/mol. The quantitative estimate of drug-likeness (QED) is 0.796. The average molecular weight is 333 g/mol. The predicted molar refractivity (Wildman–Crippen MR) is 88.8 cm³/mol. The Morgan fingerprint density at radius 2 is 1.73 bits per heavy atom. The van der Waals surface area contributed by atoms with Crippen LogP contribution in [0.15, 0.2) is 65.7 Å². The van der Waals surface area contributed by atoms with Crippen molar-refractivity contribution in [2.75, 3.05) is 0 Å². The van der Waals surface area contributed by atoms with Crippen molar-refractivity contribution >= 4 is 40.1 Å². The lowest BCUT2D eigenvalue weighted by molar-refractivity contribution is -0.162. The zero-order valence-electron chi connectivity index (χ0n) is 11.6. The number of hydrogen-bond donors (Lipinski definition) is 0. The fraction of sp³-hybridized carbons (Fsp3) is 0.125. The number of halogens is 1. The molecule has 0 aliphatic carbocycles. The molecule has 0 spiro atoms. The molecule has 0 saturated carbocycles. The summed E-state index contributed by atoms with van der Waals surface area (Å²) in [5.41, 5.74) is 1.72. The molecule has 2 aromatic rings. The Hall–Kier alpha value is -1.82. The summed E-state index contributed by atoms with van der Waals surface area (Å²) in [5, 5.41) is 1.63. The van der Waals surface area contributed by atoms with Gasteiger partial charge in [0.15, 0.2) is 9.88 Å². The van der Waals surface area contributed by atoms with E-state index in [0.29, 0.717) is 5.17 Å². The second kappa shape index (κ2) is 6.96. The number of carbonyl (C=O) groups is 1. The SMILES string of the molecule is O=C1C(Cl)SC(=Nc2ccccc2)N1OCc1ccccc1. The average Bonchev–Trinajstić information content (AvgIpc) is 2.81. The van der Waals surface area contributed by atoms with Crippen LogP contribution in [0.4, 0.5) is 5.69 Å². The van der Waals surface area contributed by atoms with Gasteiger partial charge in [-0.1, -0.05) is 71.9 Å². The highest BCUT2D eigenvalue weighted by Crippen LogP contribution is 2.32. The van der Waals surface area contributed by atoms with Crippen molar-refractivity contribution in [1.29, 1.82) is 0 Å². The number of benzene rings is 2. The molecule has 0 bridgehead atoms. The molecule has 1 aliphatic heterocycles. The highest BCUT2D eigenvalue weighted by Gasteiger charge is 2.38. The Kier molecular flexibility index (Phi) is 4.77. The van der Waals surface area contributed by atoms with E-state index in [4.69, 9.17) is 16.4 Å². The molecule has 0 aromatic heterocycles. The van der Waals surface area contributed by atoms with E-state index in [2.05, 4.69) is 4.99 Å². The van der Waals surface area contributed by atoms with Crippen LogP contribution in [0.25, 0.3) is 0 Å². The lowest BCUT2D eigenvalue weighted by Gasteiger charge is -2.15. The number of para-hydroxylation sites is 1. The first-order valence-corrected chi connectivity index (χ1v) is 8.01. The molecule has 1 heterocycles. The van der Waals surface area contributed by atoms with Crippen LogP contribution in [0, 0.1) is 0 Å². The number of carbonyl (C=O) groups excluding carboxylic acids is 1. The third-order valence-electron chi connectivity index (χ3n) is 2.96. The monoisotopic (exact) mass is 332 g/mol. The van der Waals surface area contributed by atoms with Gasteiger partial charge < -0.3 is 0 Å². The fourth-order valence-corrected chi connectivity index (χ4v) is 3.00. The van der Waals surface area contributed by atoms with Crippen LogP contribution in [0.2, 0.25) is 0 Å². The maximum absolute atomic E-state index is 12.1. The Bertz CT molecular complexity index is 679. The number of hydrogen-bond acceptors (Lipinski definition) is 4. The fourth-order valence-electron chi connectivity index (χ4n) is 1.89. The van der Waals surface area contributed by atoms with Crippen molar-refractivity contribution in [3.8, 4) is 0 Å². The summed E-state index contributed by atoms with van der Waals surface area (Å²) in [7, 11) is 0. The minimum Gasteiger partial charge on any atom is -0.269 e. The topological polar surface area (TPSA) is 41.9 Å².